The molecule has 0 bridgehead atoms. The molecule has 21 heavy (non-hydrogen) atoms. The average Bonchev–Trinajstić information content (AvgIpc) is 3.22. The molecule has 1 amide bonds. The van der Waals surface area contributed by atoms with Crippen molar-refractivity contribution in [2.75, 3.05) is 7.11 Å². The molecule has 0 spiro atoms. The number of methoxy groups -OCH3 is 1. The third kappa shape index (κ3) is 2.86. The molecule has 1 aromatic rings. The fourth-order valence-corrected chi connectivity index (χ4v) is 3.41. The number of benzene rings is 1. The Labute approximate surface area is 124 Å². The van der Waals surface area contributed by atoms with Gasteiger partial charge in [0, 0.05) is 5.92 Å². The van der Waals surface area contributed by atoms with Gasteiger partial charge in [0.1, 0.15) is 0 Å². The number of amides is 1. The number of carbonyl (C=O) groups excluding carboxylic acids is 1. The number of fused-ring (bicyclic) bond motifs is 1. The molecule has 0 aromatic heterocycles. The number of nitrogens with zero attached hydrogens (tertiary/aromatic N) is 1. The van der Waals surface area contributed by atoms with E-state index in [1.54, 1.807) is 18.2 Å². The van der Waals surface area contributed by atoms with Gasteiger partial charge in [-0.25, -0.2) is 5.43 Å². The number of rotatable bonds is 4. The number of hydrogen-bond donors (Lipinski definition) is 2. The summed E-state index contributed by atoms with van der Waals surface area (Å²) in [7, 11) is 1.50. The Morgan fingerprint density at radius 3 is 2.71 bits per heavy atom. The van der Waals surface area contributed by atoms with Gasteiger partial charge < -0.3 is 9.84 Å². The van der Waals surface area contributed by atoms with E-state index in [0.717, 1.165) is 0 Å². The standard InChI is InChI=1S/C16H20N2O3/c1-21-14-7-6-10(8-13(14)19)9-17-18-16(20)15-11-4-2-3-5-12(11)15/h6-9,11-12,15,19H,2-5H2,1H3,(H,18,20). The topological polar surface area (TPSA) is 70.9 Å². The molecule has 3 rings (SSSR count). The summed E-state index contributed by atoms with van der Waals surface area (Å²) in [5.41, 5.74) is 3.33. The number of aromatic hydroxyl groups is 1. The van der Waals surface area contributed by atoms with Crippen molar-refractivity contribution in [1.29, 1.82) is 0 Å². The van der Waals surface area contributed by atoms with Crippen LogP contribution in [0.5, 0.6) is 11.5 Å². The number of phenols is 1. The van der Waals surface area contributed by atoms with Gasteiger partial charge in [0.25, 0.3) is 0 Å². The molecule has 0 radical (unpaired) electrons. The van der Waals surface area contributed by atoms with Crippen LogP contribution in [0.2, 0.25) is 0 Å². The van der Waals surface area contributed by atoms with Crippen molar-refractivity contribution in [1.82, 2.24) is 5.43 Å². The lowest BCUT2D eigenvalue weighted by Gasteiger charge is -2.04. The van der Waals surface area contributed by atoms with Crippen LogP contribution in [-0.2, 0) is 4.79 Å². The van der Waals surface area contributed by atoms with Gasteiger partial charge in [-0.3, -0.25) is 4.79 Å². The molecular formula is C16H20N2O3. The summed E-state index contributed by atoms with van der Waals surface area (Å²) in [5, 5.41) is 13.6. The molecule has 0 saturated heterocycles. The lowest BCUT2D eigenvalue weighted by atomic mass is 10.0. The van der Waals surface area contributed by atoms with E-state index in [2.05, 4.69) is 10.5 Å². The number of nitrogens with one attached hydrogen (secondary N) is 1. The number of hydrogen-bond acceptors (Lipinski definition) is 4. The Morgan fingerprint density at radius 2 is 2.10 bits per heavy atom. The Bertz CT molecular complexity index is 559. The first-order valence-corrected chi connectivity index (χ1v) is 7.40. The fourth-order valence-electron chi connectivity index (χ4n) is 3.41. The first-order chi connectivity index (χ1) is 10.2. The van der Waals surface area contributed by atoms with Crippen molar-refractivity contribution in [2.45, 2.75) is 25.7 Å². The molecule has 2 fully saturated rings. The number of phenolic OH excluding ortho intramolecular Hbond substituents is 1. The van der Waals surface area contributed by atoms with Crippen LogP contribution in [0.4, 0.5) is 0 Å². The number of carbonyl (C=O) groups is 1. The average molecular weight is 288 g/mol. The second kappa shape index (κ2) is 5.76. The maximum atomic E-state index is 12.0. The van der Waals surface area contributed by atoms with Crippen molar-refractivity contribution < 1.29 is 14.6 Å². The summed E-state index contributed by atoms with van der Waals surface area (Å²) in [6.45, 7) is 0. The summed E-state index contributed by atoms with van der Waals surface area (Å²) >= 11 is 0. The van der Waals surface area contributed by atoms with Crippen molar-refractivity contribution >= 4 is 12.1 Å². The van der Waals surface area contributed by atoms with Crippen LogP contribution in [0.25, 0.3) is 0 Å². The normalized spacial score (nSPS) is 27.2. The van der Waals surface area contributed by atoms with Crippen LogP contribution >= 0.6 is 0 Å². The largest absolute Gasteiger partial charge is 0.504 e. The Morgan fingerprint density at radius 1 is 1.38 bits per heavy atom. The maximum absolute atomic E-state index is 12.0. The van der Waals surface area contributed by atoms with Gasteiger partial charge in [-0.1, -0.05) is 12.8 Å². The van der Waals surface area contributed by atoms with Gasteiger partial charge >= 0.3 is 0 Å². The zero-order valence-electron chi connectivity index (χ0n) is 12.1. The third-order valence-corrected chi connectivity index (χ3v) is 4.55. The molecule has 1 aromatic carbocycles. The molecule has 2 unspecified atom stereocenters. The summed E-state index contributed by atoms with van der Waals surface area (Å²) in [6, 6.07) is 4.98. The molecule has 2 aliphatic carbocycles. The van der Waals surface area contributed by atoms with Crippen molar-refractivity contribution in [3.63, 3.8) is 0 Å². The van der Waals surface area contributed by atoms with Crippen LogP contribution in [0, 0.1) is 17.8 Å². The molecule has 112 valence electrons. The predicted molar refractivity (Wildman–Crippen MR) is 79.3 cm³/mol. The van der Waals surface area contributed by atoms with E-state index in [4.69, 9.17) is 4.74 Å². The van der Waals surface area contributed by atoms with Crippen LogP contribution < -0.4 is 10.2 Å². The first kappa shape index (κ1) is 13.9. The van der Waals surface area contributed by atoms with Crippen LogP contribution in [0.3, 0.4) is 0 Å². The van der Waals surface area contributed by atoms with E-state index < -0.39 is 0 Å². The molecular weight excluding hydrogens is 268 g/mol. The lowest BCUT2D eigenvalue weighted by molar-refractivity contribution is -0.122. The Hall–Kier alpha value is -2.04. The van der Waals surface area contributed by atoms with E-state index in [1.165, 1.54) is 39.0 Å². The monoisotopic (exact) mass is 288 g/mol. The van der Waals surface area contributed by atoms with Crippen LogP contribution in [0.15, 0.2) is 23.3 Å². The van der Waals surface area contributed by atoms with Gasteiger partial charge in [-0.2, -0.15) is 5.10 Å². The summed E-state index contributed by atoms with van der Waals surface area (Å²) in [6.07, 6.45) is 6.39. The minimum absolute atomic E-state index is 0.0286. The Kier molecular flexibility index (Phi) is 3.82. The molecule has 2 aliphatic rings. The van der Waals surface area contributed by atoms with Gasteiger partial charge in [-0.15, -0.1) is 0 Å². The van der Waals surface area contributed by atoms with E-state index in [-0.39, 0.29) is 17.6 Å². The molecule has 0 heterocycles. The second-order valence-electron chi connectivity index (χ2n) is 5.80. The quantitative estimate of drug-likeness (QED) is 0.659. The smallest absolute Gasteiger partial charge is 0.243 e. The zero-order valence-corrected chi connectivity index (χ0v) is 12.1. The molecule has 2 saturated carbocycles. The van der Waals surface area contributed by atoms with Crippen LogP contribution in [0.1, 0.15) is 31.2 Å². The van der Waals surface area contributed by atoms with Gasteiger partial charge in [0.2, 0.25) is 5.91 Å². The highest BCUT2D eigenvalue weighted by molar-refractivity contribution is 5.85. The molecule has 2 N–H and O–H groups in total. The molecule has 0 aliphatic heterocycles. The minimum atomic E-state index is 0.0286. The van der Waals surface area contributed by atoms with E-state index in [0.29, 0.717) is 23.1 Å². The highest BCUT2D eigenvalue weighted by Gasteiger charge is 2.54. The lowest BCUT2D eigenvalue weighted by Crippen LogP contribution is -2.20. The van der Waals surface area contributed by atoms with Crippen molar-refractivity contribution in [3.05, 3.63) is 23.8 Å². The van der Waals surface area contributed by atoms with Gasteiger partial charge in [-0.05, 0) is 48.4 Å². The SMILES string of the molecule is COc1ccc(C=NNC(=O)C2C3CCCCC32)cc1O. The van der Waals surface area contributed by atoms with E-state index in [9.17, 15) is 9.90 Å². The highest BCUT2D eigenvalue weighted by Crippen LogP contribution is 2.55. The maximum Gasteiger partial charge on any atom is 0.243 e. The molecule has 5 nitrogen and oxygen atoms in total. The Balaban J connectivity index is 1.55. The first-order valence-electron chi connectivity index (χ1n) is 7.40. The van der Waals surface area contributed by atoms with E-state index in [1.807, 2.05) is 0 Å². The van der Waals surface area contributed by atoms with Crippen molar-refractivity contribution in [3.8, 4) is 11.5 Å². The molecule has 5 heteroatoms. The third-order valence-electron chi connectivity index (χ3n) is 4.55. The number of ether oxygens (including phenoxy) is 1. The fraction of sp³-hybridized carbons (Fsp3) is 0.500. The zero-order chi connectivity index (χ0) is 14.8. The van der Waals surface area contributed by atoms with E-state index >= 15 is 0 Å². The minimum Gasteiger partial charge on any atom is -0.504 e. The summed E-state index contributed by atoms with van der Waals surface area (Å²) in [5.74, 6) is 1.83. The number of hydrazone groups is 1. The second-order valence-corrected chi connectivity index (χ2v) is 5.80. The summed E-state index contributed by atoms with van der Waals surface area (Å²) < 4.78 is 4.97. The summed E-state index contributed by atoms with van der Waals surface area (Å²) in [4.78, 5) is 12.0. The molecule has 2 atom stereocenters. The van der Waals surface area contributed by atoms with Crippen LogP contribution in [-0.4, -0.2) is 24.3 Å². The highest BCUT2D eigenvalue weighted by atomic mass is 16.5. The van der Waals surface area contributed by atoms with Gasteiger partial charge in [0.15, 0.2) is 11.5 Å². The predicted octanol–water partition coefficient (Wildman–Crippen LogP) is 2.29. The van der Waals surface area contributed by atoms with Crippen molar-refractivity contribution in [2.24, 2.45) is 22.9 Å². The van der Waals surface area contributed by atoms with Gasteiger partial charge in [0.05, 0.1) is 13.3 Å².